The van der Waals surface area contributed by atoms with Gasteiger partial charge in [0, 0.05) is 6.42 Å². The molecule has 1 aliphatic heterocycles. The van der Waals surface area contributed by atoms with E-state index < -0.39 is 5.60 Å². The first-order valence-electron chi connectivity index (χ1n) is 3.38. The fraction of sp³-hybridized carbons (Fsp3) is 0.714. The van der Waals surface area contributed by atoms with Gasteiger partial charge in [-0.3, -0.25) is 0 Å². The largest absolute Gasteiger partial charge is 0.466 e. The molecule has 1 atom stereocenters. The lowest BCUT2D eigenvalue weighted by Gasteiger charge is -2.17. The van der Waals surface area contributed by atoms with Crippen LogP contribution in [0.4, 0.5) is 0 Å². The molecule has 0 spiro atoms. The third-order valence-electron chi connectivity index (χ3n) is 1.61. The van der Waals surface area contributed by atoms with Gasteiger partial charge in [0.15, 0.2) is 0 Å². The average molecular weight is 157 g/mol. The second-order valence-electron chi connectivity index (χ2n) is 2.82. The fourth-order valence-electron chi connectivity index (χ4n) is 1.06. The highest BCUT2D eigenvalue weighted by Gasteiger charge is 2.41. The Morgan fingerprint density at radius 3 is 2.82 bits per heavy atom. The maximum absolute atomic E-state index is 11.1. The van der Waals surface area contributed by atoms with Gasteiger partial charge in [0.05, 0.1) is 12.8 Å². The van der Waals surface area contributed by atoms with Crippen molar-refractivity contribution in [2.75, 3.05) is 7.11 Å². The first-order chi connectivity index (χ1) is 5.08. The SMILES string of the molecule is COC(=O)C1(C)CC(C)=NO1. The van der Waals surface area contributed by atoms with Crippen LogP contribution in [-0.2, 0) is 14.4 Å². The van der Waals surface area contributed by atoms with Crippen molar-refractivity contribution in [3.63, 3.8) is 0 Å². The van der Waals surface area contributed by atoms with Crippen LogP contribution in [0.5, 0.6) is 0 Å². The van der Waals surface area contributed by atoms with Crippen LogP contribution in [0.25, 0.3) is 0 Å². The molecule has 0 radical (unpaired) electrons. The average Bonchev–Trinajstić information content (AvgIpc) is 2.31. The summed E-state index contributed by atoms with van der Waals surface area (Å²) < 4.78 is 4.55. The van der Waals surface area contributed by atoms with Gasteiger partial charge < -0.3 is 9.57 Å². The number of hydrogen-bond acceptors (Lipinski definition) is 4. The first-order valence-corrected chi connectivity index (χ1v) is 3.38. The summed E-state index contributed by atoms with van der Waals surface area (Å²) >= 11 is 0. The summed E-state index contributed by atoms with van der Waals surface area (Å²) in [6, 6.07) is 0. The van der Waals surface area contributed by atoms with E-state index in [2.05, 4.69) is 9.89 Å². The van der Waals surface area contributed by atoms with Gasteiger partial charge in [-0.2, -0.15) is 0 Å². The lowest BCUT2D eigenvalue weighted by molar-refractivity contribution is -0.164. The van der Waals surface area contributed by atoms with E-state index in [0.29, 0.717) is 6.42 Å². The number of methoxy groups -OCH3 is 1. The number of oxime groups is 1. The summed E-state index contributed by atoms with van der Waals surface area (Å²) in [5.41, 5.74) is -0.0725. The van der Waals surface area contributed by atoms with Crippen LogP contribution >= 0.6 is 0 Å². The van der Waals surface area contributed by atoms with Crippen LogP contribution in [0.2, 0.25) is 0 Å². The highest BCUT2D eigenvalue weighted by atomic mass is 16.7. The highest BCUT2D eigenvalue weighted by molar-refractivity contribution is 5.91. The van der Waals surface area contributed by atoms with Gasteiger partial charge in [-0.15, -0.1) is 0 Å². The van der Waals surface area contributed by atoms with E-state index in [1.54, 1.807) is 6.92 Å². The molecule has 11 heavy (non-hydrogen) atoms. The first kappa shape index (κ1) is 8.04. The van der Waals surface area contributed by atoms with Gasteiger partial charge in [-0.25, -0.2) is 4.79 Å². The Hall–Kier alpha value is -1.06. The van der Waals surface area contributed by atoms with Crippen LogP contribution in [0.15, 0.2) is 5.16 Å². The molecule has 0 saturated heterocycles. The van der Waals surface area contributed by atoms with E-state index in [-0.39, 0.29) is 5.97 Å². The van der Waals surface area contributed by atoms with Crippen molar-refractivity contribution in [3.8, 4) is 0 Å². The number of carbonyl (C=O) groups is 1. The molecule has 4 nitrogen and oxygen atoms in total. The van der Waals surface area contributed by atoms with Gasteiger partial charge in [-0.1, -0.05) is 5.16 Å². The smallest absolute Gasteiger partial charge is 0.353 e. The summed E-state index contributed by atoms with van der Waals surface area (Å²) in [7, 11) is 1.34. The summed E-state index contributed by atoms with van der Waals surface area (Å²) in [5, 5.41) is 3.67. The van der Waals surface area contributed by atoms with Crippen molar-refractivity contribution in [3.05, 3.63) is 0 Å². The van der Waals surface area contributed by atoms with Crippen LogP contribution in [0.3, 0.4) is 0 Å². The lowest BCUT2D eigenvalue weighted by Crippen LogP contribution is -2.36. The molecule has 0 aliphatic carbocycles. The number of hydrogen-bond donors (Lipinski definition) is 0. The van der Waals surface area contributed by atoms with Gasteiger partial charge in [0.25, 0.3) is 0 Å². The molecule has 0 bridgehead atoms. The zero-order valence-electron chi connectivity index (χ0n) is 6.88. The Morgan fingerprint density at radius 1 is 1.82 bits per heavy atom. The molecule has 0 amide bonds. The zero-order valence-corrected chi connectivity index (χ0v) is 6.88. The highest BCUT2D eigenvalue weighted by Crippen LogP contribution is 2.24. The van der Waals surface area contributed by atoms with Gasteiger partial charge in [0.1, 0.15) is 0 Å². The van der Waals surface area contributed by atoms with E-state index in [0.717, 1.165) is 5.71 Å². The molecule has 0 saturated carbocycles. The van der Waals surface area contributed by atoms with Crippen molar-refractivity contribution in [1.29, 1.82) is 0 Å². The van der Waals surface area contributed by atoms with Crippen molar-refractivity contribution < 1.29 is 14.4 Å². The number of ether oxygens (including phenoxy) is 1. The van der Waals surface area contributed by atoms with Crippen molar-refractivity contribution in [2.45, 2.75) is 25.9 Å². The molecule has 1 heterocycles. The molecule has 1 unspecified atom stereocenters. The molecule has 1 aliphatic rings. The Bertz CT molecular complexity index is 212. The van der Waals surface area contributed by atoms with E-state index in [1.807, 2.05) is 6.92 Å². The van der Waals surface area contributed by atoms with Crippen LogP contribution in [0.1, 0.15) is 20.3 Å². The van der Waals surface area contributed by atoms with E-state index in [1.165, 1.54) is 7.11 Å². The van der Waals surface area contributed by atoms with Gasteiger partial charge in [-0.05, 0) is 13.8 Å². The molecule has 62 valence electrons. The molecule has 0 aromatic rings. The Morgan fingerprint density at radius 2 is 2.45 bits per heavy atom. The molecule has 0 aromatic heterocycles. The number of carbonyl (C=O) groups excluding carboxylic acids is 1. The third-order valence-corrected chi connectivity index (χ3v) is 1.61. The predicted molar refractivity (Wildman–Crippen MR) is 39.2 cm³/mol. The van der Waals surface area contributed by atoms with E-state index in [9.17, 15) is 4.79 Å². The van der Waals surface area contributed by atoms with Crippen LogP contribution < -0.4 is 0 Å². The molecule has 1 rings (SSSR count). The normalized spacial score (nSPS) is 29.2. The molecule has 0 aromatic carbocycles. The number of nitrogens with zero attached hydrogens (tertiary/aromatic N) is 1. The summed E-state index contributed by atoms with van der Waals surface area (Å²) in [6.07, 6.45) is 0.514. The van der Waals surface area contributed by atoms with E-state index in [4.69, 9.17) is 4.84 Å². The zero-order chi connectivity index (χ0) is 8.48. The Labute approximate surface area is 65.2 Å². The second-order valence-corrected chi connectivity index (χ2v) is 2.82. The number of rotatable bonds is 1. The third kappa shape index (κ3) is 1.34. The molecule has 0 fully saturated rings. The molecular formula is C7H11NO3. The minimum Gasteiger partial charge on any atom is -0.466 e. The minimum absolute atomic E-state index is 0.377. The summed E-state index contributed by atoms with van der Waals surface area (Å²) in [4.78, 5) is 16.0. The van der Waals surface area contributed by atoms with Crippen molar-refractivity contribution >= 4 is 11.7 Å². The topological polar surface area (TPSA) is 47.9 Å². The fourth-order valence-corrected chi connectivity index (χ4v) is 1.06. The predicted octanol–water partition coefficient (Wildman–Crippen LogP) is 0.714. The molecular weight excluding hydrogens is 146 g/mol. The van der Waals surface area contributed by atoms with E-state index >= 15 is 0 Å². The van der Waals surface area contributed by atoms with Crippen LogP contribution in [-0.4, -0.2) is 24.4 Å². The van der Waals surface area contributed by atoms with Gasteiger partial charge in [0.2, 0.25) is 5.60 Å². The van der Waals surface area contributed by atoms with Crippen molar-refractivity contribution in [1.82, 2.24) is 0 Å². The molecule has 0 N–H and O–H groups in total. The van der Waals surface area contributed by atoms with Gasteiger partial charge >= 0.3 is 5.97 Å². The second kappa shape index (κ2) is 2.53. The maximum atomic E-state index is 11.1. The Kier molecular flexibility index (Phi) is 1.85. The maximum Gasteiger partial charge on any atom is 0.353 e. The summed E-state index contributed by atoms with van der Waals surface area (Å²) in [5.74, 6) is -0.377. The van der Waals surface area contributed by atoms with Crippen molar-refractivity contribution in [2.24, 2.45) is 5.16 Å². The molecule has 4 heteroatoms. The lowest BCUT2D eigenvalue weighted by atomic mass is 10.0. The monoisotopic (exact) mass is 157 g/mol. The minimum atomic E-state index is -0.890. The van der Waals surface area contributed by atoms with Crippen LogP contribution in [0, 0.1) is 0 Å². The standard InChI is InChI=1S/C7H11NO3/c1-5-4-7(2,11-8-5)6(9)10-3/h4H2,1-3H3. The number of esters is 1. The Balaban J connectivity index is 2.66. The quantitative estimate of drug-likeness (QED) is 0.527. The summed E-state index contributed by atoms with van der Waals surface area (Å²) in [6.45, 7) is 3.48.